The van der Waals surface area contributed by atoms with Crippen molar-refractivity contribution < 1.29 is 4.74 Å². The fourth-order valence-electron chi connectivity index (χ4n) is 2.01. The van der Waals surface area contributed by atoms with Crippen molar-refractivity contribution in [1.29, 1.82) is 0 Å². The zero-order valence-corrected chi connectivity index (χ0v) is 10.0. The molecule has 1 aliphatic rings. The summed E-state index contributed by atoms with van der Waals surface area (Å²) >= 11 is 3.74. The molecule has 0 spiro atoms. The molecule has 0 aliphatic heterocycles. The van der Waals surface area contributed by atoms with Gasteiger partial charge in [0.25, 0.3) is 0 Å². The zero-order chi connectivity index (χ0) is 9.97. The van der Waals surface area contributed by atoms with Gasteiger partial charge in [-0.2, -0.15) is 0 Å². The van der Waals surface area contributed by atoms with Gasteiger partial charge >= 0.3 is 0 Å². The van der Waals surface area contributed by atoms with Crippen LogP contribution in [0, 0.1) is 0 Å². The molecule has 0 heterocycles. The average molecular weight is 255 g/mol. The van der Waals surface area contributed by atoms with Crippen molar-refractivity contribution in [3.8, 4) is 5.75 Å². The number of rotatable bonds is 1. The molecule has 1 nitrogen and oxygen atoms in total. The Kier molecular flexibility index (Phi) is 3.12. The Morgan fingerprint density at radius 1 is 1.36 bits per heavy atom. The Hall–Kier alpha value is -0.500. The van der Waals surface area contributed by atoms with Crippen LogP contribution in [-0.2, 0) is 6.42 Å². The second-order valence-electron chi connectivity index (χ2n) is 3.78. The lowest BCUT2D eigenvalue weighted by Crippen LogP contribution is -1.94. The maximum absolute atomic E-state index is 5.25. The third-order valence-corrected chi connectivity index (χ3v) is 3.80. The van der Waals surface area contributed by atoms with Crippen LogP contribution in [0.3, 0.4) is 0 Å². The van der Waals surface area contributed by atoms with Gasteiger partial charge in [-0.1, -0.05) is 28.4 Å². The molecule has 0 amide bonds. The normalized spacial score (nSPS) is 21.1. The van der Waals surface area contributed by atoms with Crippen molar-refractivity contribution >= 4 is 15.9 Å². The van der Waals surface area contributed by atoms with Gasteiger partial charge in [-0.15, -0.1) is 0 Å². The largest absolute Gasteiger partial charge is 0.497 e. The quantitative estimate of drug-likeness (QED) is 0.547. The molecule has 14 heavy (non-hydrogen) atoms. The van der Waals surface area contributed by atoms with Gasteiger partial charge in [-0.25, -0.2) is 0 Å². The van der Waals surface area contributed by atoms with E-state index in [1.165, 1.54) is 36.8 Å². The number of aryl methyl sites for hydroxylation is 1. The van der Waals surface area contributed by atoms with Crippen LogP contribution in [0.2, 0.25) is 0 Å². The van der Waals surface area contributed by atoms with Gasteiger partial charge in [0.15, 0.2) is 0 Å². The molecule has 1 aliphatic carbocycles. The van der Waals surface area contributed by atoms with Gasteiger partial charge in [0.05, 0.1) is 7.11 Å². The Morgan fingerprint density at radius 3 is 3.00 bits per heavy atom. The minimum Gasteiger partial charge on any atom is -0.497 e. The van der Waals surface area contributed by atoms with E-state index in [0.29, 0.717) is 4.83 Å². The summed E-state index contributed by atoms with van der Waals surface area (Å²) in [5.74, 6) is 0.968. The number of hydrogen-bond donors (Lipinski definition) is 0. The molecule has 1 unspecified atom stereocenters. The predicted molar refractivity (Wildman–Crippen MR) is 62.2 cm³/mol. The highest BCUT2D eigenvalue weighted by Gasteiger charge is 2.16. The Morgan fingerprint density at radius 2 is 2.21 bits per heavy atom. The molecule has 2 heteroatoms. The van der Waals surface area contributed by atoms with Gasteiger partial charge < -0.3 is 4.74 Å². The molecule has 76 valence electrons. The summed E-state index contributed by atoms with van der Waals surface area (Å²) in [5, 5.41) is 0. The molecule has 0 fully saturated rings. The lowest BCUT2D eigenvalue weighted by Gasteiger charge is -2.12. The Balaban J connectivity index is 2.39. The second kappa shape index (κ2) is 4.35. The number of ether oxygens (including phenoxy) is 1. The fraction of sp³-hybridized carbons (Fsp3) is 0.500. The van der Waals surface area contributed by atoms with Crippen LogP contribution < -0.4 is 4.74 Å². The maximum Gasteiger partial charge on any atom is 0.119 e. The molecule has 0 saturated carbocycles. The topological polar surface area (TPSA) is 9.23 Å². The van der Waals surface area contributed by atoms with E-state index < -0.39 is 0 Å². The van der Waals surface area contributed by atoms with Crippen LogP contribution in [0.4, 0.5) is 0 Å². The number of methoxy groups -OCH3 is 1. The molecule has 1 aromatic rings. The van der Waals surface area contributed by atoms with Crippen molar-refractivity contribution in [1.82, 2.24) is 0 Å². The van der Waals surface area contributed by atoms with Crippen LogP contribution in [-0.4, -0.2) is 7.11 Å². The smallest absolute Gasteiger partial charge is 0.119 e. The summed E-state index contributed by atoms with van der Waals surface area (Å²) in [6.45, 7) is 0. The standard InChI is InChI=1S/C12H15BrO/c1-14-10-7-6-9-4-2-3-5-12(13)11(9)8-10/h6-8,12H,2-5H2,1H3. The van der Waals surface area contributed by atoms with E-state index in [-0.39, 0.29) is 0 Å². The van der Waals surface area contributed by atoms with Gasteiger partial charge in [-0.05, 0) is 42.5 Å². The third-order valence-electron chi connectivity index (χ3n) is 2.84. The molecule has 0 aromatic heterocycles. The maximum atomic E-state index is 5.25. The summed E-state index contributed by atoms with van der Waals surface area (Å²) in [5.41, 5.74) is 2.90. The van der Waals surface area contributed by atoms with Gasteiger partial charge in [-0.3, -0.25) is 0 Å². The molecule has 1 atom stereocenters. The summed E-state index contributed by atoms with van der Waals surface area (Å²) < 4.78 is 5.25. The first-order chi connectivity index (χ1) is 6.81. The molecule has 1 aromatic carbocycles. The summed E-state index contributed by atoms with van der Waals surface area (Å²) in [6, 6.07) is 6.43. The summed E-state index contributed by atoms with van der Waals surface area (Å²) in [6.07, 6.45) is 5.07. The highest BCUT2D eigenvalue weighted by Crippen LogP contribution is 2.36. The van der Waals surface area contributed by atoms with Gasteiger partial charge in [0.2, 0.25) is 0 Å². The number of halogens is 1. The first-order valence-corrected chi connectivity index (χ1v) is 6.03. The van der Waals surface area contributed by atoms with E-state index >= 15 is 0 Å². The minimum absolute atomic E-state index is 0.509. The lowest BCUT2D eigenvalue weighted by molar-refractivity contribution is 0.414. The molecular weight excluding hydrogens is 240 g/mol. The van der Waals surface area contributed by atoms with Gasteiger partial charge in [0.1, 0.15) is 5.75 Å². The highest BCUT2D eigenvalue weighted by molar-refractivity contribution is 9.09. The van der Waals surface area contributed by atoms with Crippen molar-refractivity contribution in [2.45, 2.75) is 30.5 Å². The Bertz CT molecular complexity index is 322. The predicted octanol–water partition coefficient (Wildman–Crippen LogP) is 3.86. The van der Waals surface area contributed by atoms with Crippen LogP contribution in [0.25, 0.3) is 0 Å². The number of hydrogen-bond acceptors (Lipinski definition) is 1. The van der Waals surface area contributed by atoms with Crippen LogP contribution in [0.5, 0.6) is 5.75 Å². The van der Waals surface area contributed by atoms with Gasteiger partial charge in [0, 0.05) is 4.83 Å². The van der Waals surface area contributed by atoms with E-state index in [0.717, 1.165) is 5.75 Å². The van der Waals surface area contributed by atoms with E-state index in [9.17, 15) is 0 Å². The van der Waals surface area contributed by atoms with Crippen molar-refractivity contribution in [2.75, 3.05) is 7.11 Å². The van der Waals surface area contributed by atoms with Crippen molar-refractivity contribution in [3.63, 3.8) is 0 Å². The molecule has 2 rings (SSSR count). The summed E-state index contributed by atoms with van der Waals surface area (Å²) in [7, 11) is 1.72. The van der Waals surface area contributed by atoms with Crippen LogP contribution in [0.1, 0.15) is 35.2 Å². The molecule has 0 saturated heterocycles. The lowest BCUT2D eigenvalue weighted by atomic mass is 10.0. The zero-order valence-electron chi connectivity index (χ0n) is 8.42. The fourth-order valence-corrected chi connectivity index (χ4v) is 2.76. The first kappa shape index (κ1) is 10.0. The van der Waals surface area contributed by atoms with Crippen molar-refractivity contribution in [3.05, 3.63) is 29.3 Å². The van der Waals surface area contributed by atoms with E-state index in [1.54, 1.807) is 7.11 Å². The number of alkyl halides is 1. The van der Waals surface area contributed by atoms with Crippen LogP contribution in [0.15, 0.2) is 18.2 Å². The number of fused-ring (bicyclic) bond motifs is 1. The monoisotopic (exact) mass is 254 g/mol. The number of benzene rings is 1. The molecule has 0 radical (unpaired) electrons. The first-order valence-electron chi connectivity index (χ1n) is 5.12. The average Bonchev–Trinajstić information content (AvgIpc) is 2.40. The molecular formula is C12H15BrO. The minimum atomic E-state index is 0.509. The third kappa shape index (κ3) is 1.95. The van der Waals surface area contributed by atoms with E-state index in [4.69, 9.17) is 4.74 Å². The van der Waals surface area contributed by atoms with E-state index in [2.05, 4.69) is 34.1 Å². The SMILES string of the molecule is COc1ccc2c(c1)C(Br)CCCC2. The molecule has 0 N–H and O–H groups in total. The highest BCUT2D eigenvalue weighted by atomic mass is 79.9. The Labute approximate surface area is 93.6 Å². The second-order valence-corrected chi connectivity index (χ2v) is 4.88. The van der Waals surface area contributed by atoms with E-state index in [1.807, 2.05) is 0 Å². The summed E-state index contributed by atoms with van der Waals surface area (Å²) in [4.78, 5) is 0.509. The van der Waals surface area contributed by atoms with Crippen molar-refractivity contribution in [2.24, 2.45) is 0 Å². The molecule has 0 bridgehead atoms. The van der Waals surface area contributed by atoms with Crippen LogP contribution >= 0.6 is 15.9 Å².